The number of anilines is 2. The molecule has 1 amide bonds. The summed E-state index contributed by atoms with van der Waals surface area (Å²) in [5, 5.41) is 2.16. The molecule has 8 nitrogen and oxygen atoms in total. The quantitative estimate of drug-likeness (QED) is 0.432. The molecule has 2 heterocycles. The van der Waals surface area contributed by atoms with Gasteiger partial charge in [-0.25, -0.2) is 9.78 Å². The number of benzene rings is 1. The lowest BCUT2D eigenvalue weighted by molar-refractivity contribution is -0.115. The van der Waals surface area contributed by atoms with Crippen molar-refractivity contribution in [1.29, 1.82) is 0 Å². The standard InChI is InChI=1S/C22H23N3O5S/c1-12-19(14(3)26)13(2)23-20(12)21(28)30-10-16-11-31-22(24-16)25(15(4)27)17-8-6-7-9-18(17)29-5/h6-9,11,23H,10H2,1-5H3. The van der Waals surface area contributed by atoms with Gasteiger partial charge in [-0.15, -0.1) is 11.3 Å². The molecule has 162 valence electrons. The minimum Gasteiger partial charge on any atom is -0.495 e. The van der Waals surface area contributed by atoms with Crippen molar-refractivity contribution in [3.05, 3.63) is 57.9 Å². The van der Waals surface area contributed by atoms with Gasteiger partial charge in [-0.3, -0.25) is 14.5 Å². The highest BCUT2D eigenvalue weighted by molar-refractivity contribution is 7.14. The molecule has 3 rings (SSSR count). The number of esters is 1. The minimum absolute atomic E-state index is 0.0695. The van der Waals surface area contributed by atoms with Gasteiger partial charge in [0, 0.05) is 23.6 Å². The first-order valence-corrected chi connectivity index (χ1v) is 10.4. The van der Waals surface area contributed by atoms with E-state index in [-0.39, 0.29) is 24.0 Å². The number of para-hydroxylation sites is 2. The third-order valence-electron chi connectivity index (χ3n) is 4.72. The van der Waals surface area contributed by atoms with Gasteiger partial charge in [0.25, 0.3) is 0 Å². The van der Waals surface area contributed by atoms with Gasteiger partial charge in [-0.05, 0) is 38.5 Å². The Morgan fingerprint density at radius 1 is 1.16 bits per heavy atom. The molecule has 2 aromatic heterocycles. The molecule has 1 N–H and O–H groups in total. The van der Waals surface area contributed by atoms with E-state index < -0.39 is 5.97 Å². The zero-order valence-electron chi connectivity index (χ0n) is 17.9. The number of amides is 1. The fourth-order valence-electron chi connectivity index (χ4n) is 3.38. The summed E-state index contributed by atoms with van der Waals surface area (Å²) in [6, 6.07) is 7.15. The predicted molar refractivity (Wildman–Crippen MR) is 117 cm³/mol. The Hall–Kier alpha value is -3.46. The molecule has 9 heteroatoms. The van der Waals surface area contributed by atoms with Crippen molar-refractivity contribution in [3.8, 4) is 5.75 Å². The Morgan fingerprint density at radius 3 is 2.48 bits per heavy atom. The Balaban J connectivity index is 1.78. The lowest BCUT2D eigenvalue weighted by atomic mass is 10.1. The van der Waals surface area contributed by atoms with E-state index in [1.54, 1.807) is 37.4 Å². The van der Waals surface area contributed by atoms with Crippen molar-refractivity contribution >= 4 is 39.8 Å². The first kappa shape index (κ1) is 22.2. The third kappa shape index (κ3) is 4.51. The second-order valence-electron chi connectivity index (χ2n) is 6.91. The molecule has 0 saturated heterocycles. The summed E-state index contributed by atoms with van der Waals surface area (Å²) in [6.45, 7) is 6.27. The van der Waals surface area contributed by atoms with E-state index in [0.29, 0.717) is 39.1 Å². The molecular formula is C22H23N3O5S. The number of rotatable bonds is 7. The van der Waals surface area contributed by atoms with Crippen molar-refractivity contribution in [1.82, 2.24) is 9.97 Å². The van der Waals surface area contributed by atoms with E-state index in [4.69, 9.17) is 9.47 Å². The van der Waals surface area contributed by atoms with Crippen molar-refractivity contribution in [2.75, 3.05) is 12.0 Å². The maximum atomic E-state index is 12.5. The van der Waals surface area contributed by atoms with E-state index in [1.165, 1.54) is 37.2 Å². The second kappa shape index (κ2) is 9.13. The summed E-state index contributed by atoms with van der Waals surface area (Å²) in [4.78, 5) is 45.4. The molecule has 0 atom stereocenters. The van der Waals surface area contributed by atoms with Crippen LogP contribution in [0.5, 0.6) is 5.75 Å². The number of aromatic nitrogens is 2. The van der Waals surface area contributed by atoms with Crippen LogP contribution in [-0.4, -0.2) is 34.7 Å². The van der Waals surface area contributed by atoms with Gasteiger partial charge in [0.1, 0.15) is 18.1 Å². The number of nitrogens with one attached hydrogen (secondary N) is 1. The smallest absolute Gasteiger partial charge is 0.355 e. The molecule has 0 aliphatic rings. The number of carbonyl (C=O) groups excluding carboxylic acids is 3. The lowest BCUT2D eigenvalue weighted by Crippen LogP contribution is -2.23. The number of aromatic amines is 1. The number of ketones is 1. The summed E-state index contributed by atoms with van der Waals surface area (Å²) in [5.41, 5.74) is 3.01. The molecule has 0 unspecified atom stereocenters. The molecule has 0 fully saturated rings. The average molecular weight is 442 g/mol. The summed E-state index contributed by atoms with van der Waals surface area (Å²) in [7, 11) is 1.53. The number of Topliss-reactive ketones (excluding diaryl/α,β-unsaturated/α-hetero) is 1. The van der Waals surface area contributed by atoms with Crippen molar-refractivity contribution < 1.29 is 23.9 Å². The van der Waals surface area contributed by atoms with Gasteiger partial charge in [0.05, 0.1) is 18.5 Å². The van der Waals surface area contributed by atoms with E-state index in [0.717, 1.165) is 0 Å². The lowest BCUT2D eigenvalue weighted by Gasteiger charge is -2.20. The normalized spacial score (nSPS) is 10.6. The van der Waals surface area contributed by atoms with Gasteiger partial charge in [0.2, 0.25) is 5.91 Å². The number of methoxy groups -OCH3 is 1. The molecule has 31 heavy (non-hydrogen) atoms. The number of H-pyrrole nitrogens is 1. The Morgan fingerprint density at radius 2 is 1.87 bits per heavy atom. The second-order valence-corrected chi connectivity index (χ2v) is 7.74. The van der Waals surface area contributed by atoms with Crippen LogP contribution in [0.3, 0.4) is 0 Å². The number of hydrogen-bond acceptors (Lipinski definition) is 7. The van der Waals surface area contributed by atoms with Crippen molar-refractivity contribution in [2.24, 2.45) is 0 Å². The highest BCUT2D eigenvalue weighted by Crippen LogP contribution is 2.35. The summed E-state index contributed by atoms with van der Waals surface area (Å²) in [5.74, 6) is -0.373. The molecule has 3 aromatic rings. The van der Waals surface area contributed by atoms with Crippen molar-refractivity contribution in [3.63, 3.8) is 0 Å². The minimum atomic E-state index is -0.573. The number of thiazole rings is 1. The van der Waals surface area contributed by atoms with Crippen molar-refractivity contribution in [2.45, 2.75) is 34.3 Å². The maximum Gasteiger partial charge on any atom is 0.355 e. The van der Waals surface area contributed by atoms with Crippen LogP contribution in [0.2, 0.25) is 0 Å². The predicted octanol–water partition coefficient (Wildman–Crippen LogP) is 4.34. The van der Waals surface area contributed by atoms with Crippen LogP contribution in [0.15, 0.2) is 29.6 Å². The van der Waals surface area contributed by atoms with E-state index in [9.17, 15) is 14.4 Å². The molecular weight excluding hydrogens is 418 g/mol. The first-order valence-electron chi connectivity index (χ1n) is 9.49. The zero-order chi connectivity index (χ0) is 22.7. The average Bonchev–Trinajstić information content (AvgIpc) is 3.30. The molecule has 0 spiro atoms. The topological polar surface area (TPSA) is 102 Å². The summed E-state index contributed by atoms with van der Waals surface area (Å²) < 4.78 is 10.7. The molecule has 1 aromatic carbocycles. The van der Waals surface area contributed by atoms with Gasteiger partial charge in [0.15, 0.2) is 10.9 Å². The highest BCUT2D eigenvalue weighted by Gasteiger charge is 2.23. The van der Waals surface area contributed by atoms with Gasteiger partial charge < -0.3 is 14.5 Å². The monoisotopic (exact) mass is 441 g/mol. The van der Waals surface area contributed by atoms with Gasteiger partial charge in [-0.1, -0.05) is 12.1 Å². The largest absolute Gasteiger partial charge is 0.495 e. The number of ether oxygens (including phenoxy) is 2. The first-order chi connectivity index (χ1) is 14.7. The number of nitrogens with zero attached hydrogens (tertiary/aromatic N) is 2. The summed E-state index contributed by atoms with van der Waals surface area (Å²) >= 11 is 1.26. The van der Waals surface area contributed by atoms with Crippen LogP contribution < -0.4 is 9.64 Å². The molecule has 0 radical (unpaired) electrons. The number of carbonyl (C=O) groups is 3. The molecule has 0 aliphatic carbocycles. The summed E-state index contributed by atoms with van der Waals surface area (Å²) in [6.07, 6.45) is 0. The maximum absolute atomic E-state index is 12.5. The number of hydrogen-bond donors (Lipinski definition) is 1. The van der Waals surface area contributed by atoms with Gasteiger partial charge in [-0.2, -0.15) is 0 Å². The van der Waals surface area contributed by atoms with Crippen LogP contribution in [0.4, 0.5) is 10.8 Å². The number of aryl methyl sites for hydroxylation is 1. The van der Waals surface area contributed by atoms with Crippen LogP contribution in [0.25, 0.3) is 0 Å². The molecule has 0 aliphatic heterocycles. The van der Waals surface area contributed by atoms with Crippen LogP contribution in [0, 0.1) is 13.8 Å². The molecule has 0 bridgehead atoms. The Kier molecular flexibility index (Phi) is 6.55. The van der Waals surface area contributed by atoms with Crippen LogP contribution in [-0.2, 0) is 16.1 Å². The fraction of sp³-hybridized carbons (Fsp3) is 0.273. The highest BCUT2D eigenvalue weighted by atomic mass is 32.1. The van der Waals surface area contributed by atoms with E-state index >= 15 is 0 Å². The molecule has 0 saturated carbocycles. The zero-order valence-corrected chi connectivity index (χ0v) is 18.8. The van der Waals surface area contributed by atoms with Gasteiger partial charge >= 0.3 is 5.97 Å². The van der Waals surface area contributed by atoms with Crippen LogP contribution >= 0.6 is 11.3 Å². The fourth-order valence-corrected chi connectivity index (χ4v) is 4.25. The van der Waals surface area contributed by atoms with E-state index in [1.807, 2.05) is 6.07 Å². The SMILES string of the molecule is COc1ccccc1N(C(C)=O)c1nc(COC(=O)c2[nH]c(C)c(C(C)=O)c2C)cs1. The van der Waals surface area contributed by atoms with E-state index in [2.05, 4.69) is 9.97 Å². The Labute approximate surface area is 183 Å². The van der Waals surface area contributed by atoms with Crippen LogP contribution in [0.1, 0.15) is 51.6 Å². The Bertz CT molecular complexity index is 1150. The third-order valence-corrected chi connectivity index (χ3v) is 5.59.